The van der Waals surface area contributed by atoms with Crippen LogP contribution in [0.1, 0.15) is 17.4 Å². The first-order valence-electron chi connectivity index (χ1n) is 3.96. The van der Waals surface area contributed by atoms with Crippen LogP contribution < -0.4 is 5.32 Å². The lowest BCUT2D eigenvalue weighted by Gasteiger charge is -2.02. The van der Waals surface area contributed by atoms with Crippen LogP contribution in [0.2, 0.25) is 0 Å². The molecule has 1 N–H and O–H groups in total. The number of amides is 1. The van der Waals surface area contributed by atoms with Gasteiger partial charge >= 0.3 is 0 Å². The smallest absolute Gasteiger partial charge is 0.270 e. The molecule has 0 atom stereocenters. The molecule has 0 spiro atoms. The first-order valence-corrected chi connectivity index (χ1v) is 3.96. The number of aromatic nitrogens is 2. The first kappa shape index (κ1) is 9.26. The van der Waals surface area contributed by atoms with Gasteiger partial charge in [-0.2, -0.15) is 10.4 Å². The third-order valence-corrected chi connectivity index (χ3v) is 1.58. The molecule has 0 unspecified atom stereocenters. The zero-order valence-corrected chi connectivity index (χ0v) is 7.32. The van der Waals surface area contributed by atoms with Crippen LogP contribution in [0.3, 0.4) is 0 Å². The van der Waals surface area contributed by atoms with Crippen LogP contribution in [0.15, 0.2) is 12.3 Å². The van der Waals surface area contributed by atoms with Crippen LogP contribution >= 0.6 is 0 Å². The molecule has 1 aromatic rings. The number of nitrogens with one attached hydrogen (secondary N) is 1. The van der Waals surface area contributed by atoms with Gasteiger partial charge in [0.05, 0.1) is 6.07 Å². The van der Waals surface area contributed by atoms with Crippen molar-refractivity contribution in [1.29, 1.82) is 5.26 Å². The summed E-state index contributed by atoms with van der Waals surface area (Å²) in [4.78, 5) is 11.3. The van der Waals surface area contributed by atoms with E-state index < -0.39 is 0 Å². The standard InChI is InChI=1S/C8H10N4O/c1-2-12-7(3-5-11-12)8(13)10-6-4-9/h3,5H,2,6H2,1H3,(H,10,13). The topological polar surface area (TPSA) is 70.7 Å². The minimum atomic E-state index is -0.263. The number of carbonyl (C=O) groups is 1. The second-order valence-corrected chi connectivity index (χ2v) is 2.37. The van der Waals surface area contributed by atoms with Gasteiger partial charge in [-0.05, 0) is 13.0 Å². The van der Waals surface area contributed by atoms with Crippen molar-refractivity contribution in [2.75, 3.05) is 6.54 Å². The van der Waals surface area contributed by atoms with Crippen molar-refractivity contribution in [3.05, 3.63) is 18.0 Å². The summed E-state index contributed by atoms with van der Waals surface area (Å²) in [5.74, 6) is -0.263. The molecule has 0 radical (unpaired) electrons. The third kappa shape index (κ3) is 2.06. The Labute approximate surface area is 76.0 Å². The first-order chi connectivity index (χ1) is 6.29. The summed E-state index contributed by atoms with van der Waals surface area (Å²) in [7, 11) is 0. The van der Waals surface area contributed by atoms with E-state index in [4.69, 9.17) is 5.26 Å². The van der Waals surface area contributed by atoms with Crippen molar-refractivity contribution in [3.63, 3.8) is 0 Å². The van der Waals surface area contributed by atoms with Gasteiger partial charge in [0.1, 0.15) is 12.2 Å². The summed E-state index contributed by atoms with van der Waals surface area (Å²) in [5.41, 5.74) is 0.484. The van der Waals surface area contributed by atoms with E-state index in [0.29, 0.717) is 12.2 Å². The Morgan fingerprint density at radius 2 is 2.62 bits per heavy atom. The Kier molecular flexibility index (Phi) is 3.03. The maximum Gasteiger partial charge on any atom is 0.270 e. The van der Waals surface area contributed by atoms with Crippen LogP contribution in [0.4, 0.5) is 0 Å². The van der Waals surface area contributed by atoms with Crippen LogP contribution in [0.25, 0.3) is 0 Å². The molecule has 1 amide bonds. The number of hydrogen-bond donors (Lipinski definition) is 1. The summed E-state index contributed by atoms with van der Waals surface area (Å²) in [6, 6.07) is 3.46. The van der Waals surface area contributed by atoms with Gasteiger partial charge in [0.25, 0.3) is 5.91 Å². The lowest BCUT2D eigenvalue weighted by molar-refractivity contribution is 0.0948. The average Bonchev–Trinajstić information content (AvgIpc) is 2.61. The molecule has 0 fully saturated rings. The molecule has 68 valence electrons. The molecule has 5 nitrogen and oxygen atoms in total. The highest BCUT2D eigenvalue weighted by Crippen LogP contribution is 1.97. The second kappa shape index (κ2) is 4.26. The quantitative estimate of drug-likeness (QED) is 0.670. The predicted octanol–water partition coefficient (Wildman–Crippen LogP) is 0.156. The Morgan fingerprint density at radius 3 is 3.23 bits per heavy atom. The van der Waals surface area contributed by atoms with Crippen LogP contribution in [-0.2, 0) is 6.54 Å². The monoisotopic (exact) mass is 178 g/mol. The van der Waals surface area contributed by atoms with Gasteiger partial charge in [-0.3, -0.25) is 9.48 Å². The molecule has 0 aliphatic carbocycles. The van der Waals surface area contributed by atoms with Gasteiger partial charge in [-0.1, -0.05) is 0 Å². The minimum Gasteiger partial charge on any atom is -0.338 e. The van der Waals surface area contributed by atoms with E-state index in [-0.39, 0.29) is 12.5 Å². The van der Waals surface area contributed by atoms with Gasteiger partial charge in [0, 0.05) is 12.7 Å². The summed E-state index contributed by atoms with van der Waals surface area (Å²) in [5, 5.41) is 14.6. The molecule has 5 heteroatoms. The fourth-order valence-electron chi connectivity index (χ4n) is 0.988. The number of carbonyl (C=O) groups excluding carboxylic acids is 1. The molecule has 0 aliphatic rings. The highest BCUT2D eigenvalue weighted by molar-refractivity contribution is 5.92. The number of nitrogens with zero attached hydrogens (tertiary/aromatic N) is 3. The summed E-state index contributed by atoms with van der Waals surface area (Å²) >= 11 is 0. The van der Waals surface area contributed by atoms with Crippen molar-refractivity contribution in [2.24, 2.45) is 0 Å². The molecule has 0 aromatic carbocycles. The highest BCUT2D eigenvalue weighted by Gasteiger charge is 2.09. The van der Waals surface area contributed by atoms with Gasteiger partial charge in [-0.25, -0.2) is 0 Å². The lowest BCUT2D eigenvalue weighted by Crippen LogP contribution is -2.26. The minimum absolute atomic E-state index is 0.0216. The zero-order valence-electron chi connectivity index (χ0n) is 7.32. The van der Waals surface area contributed by atoms with Crippen molar-refractivity contribution in [2.45, 2.75) is 13.5 Å². The normalized spacial score (nSPS) is 9.23. The van der Waals surface area contributed by atoms with Crippen molar-refractivity contribution >= 4 is 5.91 Å². The predicted molar refractivity (Wildman–Crippen MR) is 45.8 cm³/mol. The molecule has 1 rings (SSSR count). The average molecular weight is 178 g/mol. The van der Waals surface area contributed by atoms with E-state index in [0.717, 1.165) is 0 Å². The summed E-state index contributed by atoms with van der Waals surface area (Å²) in [6.45, 7) is 2.56. The maximum atomic E-state index is 11.3. The SMILES string of the molecule is CCn1nccc1C(=O)NCC#N. The number of nitriles is 1. The van der Waals surface area contributed by atoms with E-state index in [1.54, 1.807) is 16.9 Å². The van der Waals surface area contributed by atoms with E-state index in [1.165, 1.54) is 0 Å². The van der Waals surface area contributed by atoms with E-state index in [9.17, 15) is 4.79 Å². The molecule has 0 saturated heterocycles. The van der Waals surface area contributed by atoms with E-state index in [1.807, 2.05) is 13.0 Å². The third-order valence-electron chi connectivity index (χ3n) is 1.58. The van der Waals surface area contributed by atoms with Crippen molar-refractivity contribution < 1.29 is 4.79 Å². The van der Waals surface area contributed by atoms with Crippen LogP contribution in [0, 0.1) is 11.3 Å². The van der Waals surface area contributed by atoms with Gasteiger partial charge in [0.2, 0.25) is 0 Å². The Bertz CT molecular complexity index is 336. The van der Waals surface area contributed by atoms with Gasteiger partial charge in [0.15, 0.2) is 0 Å². The maximum absolute atomic E-state index is 11.3. The number of aryl methyl sites for hydroxylation is 1. The zero-order chi connectivity index (χ0) is 9.68. The summed E-state index contributed by atoms with van der Waals surface area (Å²) < 4.78 is 1.58. The largest absolute Gasteiger partial charge is 0.338 e. The van der Waals surface area contributed by atoms with Crippen LogP contribution in [-0.4, -0.2) is 22.2 Å². The molecular formula is C8H10N4O. The second-order valence-electron chi connectivity index (χ2n) is 2.37. The fraction of sp³-hybridized carbons (Fsp3) is 0.375. The Balaban J connectivity index is 2.71. The molecule has 1 aromatic heterocycles. The van der Waals surface area contributed by atoms with Crippen molar-refractivity contribution in [1.82, 2.24) is 15.1 Å². The van der Waals surface area contributed by atoms with Gasteiger partial charge in [-0.15, -0.1) is 0 Å². The van der Waals surface area contributed by atoms with E-state index >= 15 is 0 Å². The van der Waals surface area contributed by atoms with Crippen LogP contribution in [0.5, 0.6) is 0 Å². The van der Waals surface area contributed by atoms with Crippen molar-refractivity contribution in [3.8, 4) is 6.07 Å². The fourth-order valence-corrected chi connectivity index (χ4v) is 0.988. The molecule has 0 saturated carbocycles. The van der Waals surface area contributed by atoms with E-state index in [2.05, 4.69) is 10.4 Å². The highest BCUT2D eigenvalue weighted by atomic mass is 16.2. The molecule has 1 heterocycles. The molecule has 0 aliphatic heterocycles. The Morgan fingerprint density at radius 1 is 1.85 bits per heavy atom. The molecule has 0 bridgehead atoms. The number of rotatable bonds is 3. The Hall–Kier alpha value is -1.83. The molecule has 13 heavy (non-hydrogen) atoms. The number of hydrogen-bond acceptors (Lipinski definition) is 3. The van der Waals surface area contributed by atoms with Gasteiger partial charge < -0.3 is 5.32 Å². The summed E-state index contributed by atoms with van der Waals surface area (Å²) in [6.07, 6.45) is 1.56. The lowest BCUT2D eigenvalue weighted by atomic mass is 10.4. The molecular weight excluding hydrogens is 168 g/mol.